The Morgan fingerprint density at radius 2 is 2.39 bits per heavy atom. The number of rotatable bonds is 3. The van der Waals surface area contributed by atoms with Crippen molar-refractivity contribution in [1.29, 1.82) is 0 Å². The lowest BCUT2D eigenvalue weighted by molar-refractivity contribution is -0.113. The lowest BCUT2D eigenvalue weighted by atomic mass is 10.2. The Morgan fingerprint density at radius 3 is 3.17 bits per heavy atom. The number of nitrogens with zero attached hydrogens (tertiary/aromatic N) is 1. The largest absolute Gasteiger partial charge is 0.391 e. The number of β-amino-alcohol motifs (C(OH)–C–C–N with tert-alkyl or cyclic N) is 1. The smallest absolute Gasteiger partial charge is 0.322 e. The summed E-state index contributed by atoms with van der Waals surface area (Å²) in [6.07, 6.45) is 0.00283. The molecule has 1 saturated heterocycles. The zero-order valence-corrected chi connectivity index (χ0v) is 13.6. The van der Waals surface area contributed by atoms with Gasteiger partial charge >= 0.3 is 6.03 Å². The fourth-order valence-corrected chi connectivity index (χ4v) is 3.68. The summed E-state index contributed by atoms with van der Waals surface area (Å²) in [6.45, 7) is 0.701. The molecule has 0 saturated carbocycles. The molecule has 2 aliphatic rings. The Bertz CT molecular complexity index is 625. The van der Waals surface area contributed by atoms with Crippen molar-refractivity contribution in [1.82, 2.24) is 4.90 Å². The van der Waals surface area contributed by atoms with E-state index in [4.69, 9.17) is 4.74 Å². The number of urea groups is 1. The Morgan fingerprint density at radius 1 is 1.57 bits per heavy atom. The van der Waals surface area contributed by atoms with Gasteiger partial charge in [0.15, 0.2) is 0 Å². The van der Waals surface area contributed by atoms with E-state index in [2.05, 4.69) is 10.6 Å². The third-order valence-electron chi connectivity index (χ3n) is 3.88. The Labute approximate surface area is 138 Å². The first-order valence-corrected chi connectivity index (χ1v) is 8.36. The molecule has 1 aromatic rings. The Hall–Kier alpha value is -1.77. The quantitative estimate of drug-likeness (QED) is 0.774. The number of carbonyl (C=O) groups is 2. The van der Waals surface area contributed by atoms with Crippen LogP contribution in [-0.4, -0.2) is 60.1 Å². The maximum Gasteiger partial charge on any atom is 0.322 e. The summed E-state index contributed by atoms with van der Waals surface area (Å²) >= 11 is 1.44. The number of likely N-dealkylation sites (tertiary alicyclic amines) is 1. The van der Waals surface area contributed by atoms with Gasteiger partial charge in [0.1, 0.15) is 0 Å². The van der Waals surface area contributed by atoms with Gasteiger partial charge < -0.3 is 25.4 Å². The third-order valence-corrected chi connectivity index (χ3v) is 4.93. The zero-order valence-electron chi connectivity index (χ0n) is 12.7. The van der Waals surface area contributed by atoms with E-state index in [1.807, 2.05) is 6.07 Å². The topological polar surface area (TPSA) is 90.9 Å². The average Bonchev–Trinajstić information content (AvgIpc) is 2.89. The fraction of sp³-hybridized carbons (Fsp3) is 0.467. The summed E-state index contributed by atoms with van der Waals surface area (Å²) in [5, 5.41) is 15.4. The van der Waals surface area contributed by atoms with Gasteiger partial charge in [0.2, 0.25) is 5.91 Å². The number of anilines is 2. The molecular weight excluding hydrogens is 318 g/mol. The number of fused-ring (bicyclic) bond motifs is 1. The van der Waals surface area contributed by atoms with Crippen molar-refractivity contribution < 1.29 is 19.4 Å². The van der Waals surface area contributed by atoms with Crippen LogP contribution in [0.5, 0.6) is 0 Å². The van der Waals surface area contributed by atoms with E-state index in [-0.39, 0.29) is 18.0 Å². The van der Waals surface area contributed by atoms with Gasteiger partial charge in [-0.25, -0.2) is 4.79 Å². The lowest BCUT2D eigenvalue weighted by Crippen LogP contribution is -2.41. The minimum absolute atomic E-state index is 0.0206. The Balaban J connectivity index is 1.69. The minimum Gasteiger partial charge on any atom is -0.391 e. The SMILES string of the molecule is COC[C@@H]1C[C@@H](O)CN1C(=O)Nc1ccc2c(c1)SCC(=O)N2. The van der Waals surface area contributed by atoms with Crippen molar-refractivity contribution in [3.05, 3.63) is 18.2 Å². The van der Waals surface area contributed by atoms with E-state index in [0.29, 0.717) is 31.0 Å². The van der Waals surface area contributed by atoms with Crippen LogP contribution in [0.4, 0.5) is 16.2 Å². The number of aliphatic hydroxyl groups excluding tert-OH is 1. The molecule has 0 spiro atoms. The third kappa shape index (κ3) is 3.60. The monoisotopic (exact) mass is 337 g/mol. The van der Waals surface area contributed by atoms with Crippen LogP contribution in [0.2, 0.25) is 0 Å². The first-order chi connectivity index (χ1) is 11.1. The molecule has 1 fully saturated rings. The summed E-state index contributed by atoms with van der Waals surface area (Å²) in [7, 11) is 1.58. The van der Waals surface area contributed by atoms with Crippen LogP contribution in [0.15, 0.2) is 23.1 Å². The highest BCUT2D eigenvalue weighted by molar-refractivity contribution is 8.00. The van der Waals surface area contributed by atoms with Gasteiger partial charge in [-0.15, -0.1) is 11.8 Å². The molecule has 1 aromatic carbocycles. The van der Waals surface area contributed by atoms with Crippen molar-refractivity contribution in [2.45, 2.75) is 23.5 Å². The van der Waals surface area contributed by atoms with Gasteiger partial charge in [0.05, 0.1) is 30.2 Å². The highest BCUT2D eigenvalue weighted by Crippen LogP contribution is 2.33. The number of benzene rings is 1. The summed E-state index contributed by atoms with van der Waals surface area (Å²) in [5.41, 5.74) is 1.42. The zero-order chi connectivity index (χ0) is 16.4. The predicted octanol–water partition coefficient (Wildman–Crippen LogP) is 1.34. The molecule has 124 valence electrons. The number of hydrogen-bond acceptors (Lipinski definition) is 5. The molecule has 2 atom stereocenters. The van der Waals surface area contributed by atoms with Gasteiger partial charge in [-0.3, -0.25) is 4.79 Å². The number of carbonyl (C=O) groups excluding carboxylic acids is 2. The molecule has 3 amide bonds. The predicted molar refractivity (Wildman–Crippen MR) is 87.8 cm³/mol. The van der Waals surface area contributed by atoms with Crippen LogP contribution in [0, 0.1) is 0 Å². The molecule has 3 N–H and O–H groups in total. The van der Waals surface area contributed by atoms with E-state index in [1.54, 1.807) is 24.1 Å². The van der Waals surface area contributed by atoms with E-state index >= 15 is 0 Å². The number of ether oxygens (including phenoxy) is 1. The van der Waals surface area contributed by atoms with Crippen LogP contribution in [0.1, 0.15) is 6.42 Å². The first kappa shape index (κ1) is 16.1. The molecule has 0 unspecified atom stereocenters. The molecule has 2 heterocycles. The molecule has 8 heteroatoms. The van der Waals surface area contributed by atoms with Gasteiger partial charge in [-0.05, 0) is 24.6 Å². The molecule has 0 aliphatic carbocycles. The molecule has 2 aliphatic heterocycles. The molecule has 0 bridgehead atoms. The highest BCUT2D eigenvalue weighted by Gasteiger charge is 2.34. The van der Waals surface area contributed by atoms with Crippen molar-refractivity contribution in [2.75, 3.05) is 36.6 Å². The second-order valence-electron chi connectivity index (χ2n) is 5.63. The first-order valence-electron chi connectivity index (χ1n) is 7.38. The van der Waals surface area contributed by atoms with Gasteiger partial charge in [-0.1, -0.05) is 0 Å². The van der Waals surface area contributed by atoms with Crippen molar-refractivity contribution in [2.24, 2.45) is 0 Å². The number of nitrogens with one attached hydrogen (secondary N) is 2. The van der Waals surface area contributed by atoms with Crippen molar-refractivity contribution in [3.8, 4) is 0 Å². The summed E-state index contributed by atoms with van der Waals surface area (Å²) < 4.78 is 5.11. The maximum atomic E-state index is 12.4. The van der Waals surface area contributed by atoms with Crippen LogP contribution < -0.4 is 10.6 Å². The summed E-state index contributed by atoms with van der Waals surface area (Å²) in [5.74, 6) is 0.353. The maximum absolute atomic E-state index is 12.4. The lowest BCUT2D eigenvalue weighted by Gasteiger charge is -2.24. The van der Waals surface area contributed by atoms with E-state index in [9.17, 15) is 14.7 Å². The van der Waals surface area contributed by atoms with Crippen LogP contribution in [0.25, 0.3) is 0 Å². The minimum atomic E-state index is -0.518. The number of methoxy groups -OCH3 is 1. The second-order valence-corrected chi connectivity index (χ2v) is 6.65. The van der Waals surface area contributed by atoms with Crippen LogP contribution in [-0.2, 0) is 9.53 Å². The fourth-order valence-electron chi connectivity index (χ4n) is 2.84. The molecule has 0 radical (unpaired) electrons. The molecule has 3 rings (SSSR count). The van der Waals surface area contributed by atoms with Crippen LogP contribution >= 0.6 is 11.8 Å². The Kier molecular flexibility index (Phi) is 4.74. The standard InChI is InChI=1S/C15H19N3O4S/c1-22-7-10-5-11(19)6-18(10)15(21)16-9-2-3-12-13(4-9)23-8-14(20)17-12/h2-4,10-11,19H,5-8H2,1H3,(H,16,21)(H,17,20)/t10-,11+/m0/s1. The van der Waals surface area contributed by atoms with Crippen LogP contribution in [0.3, 0.4) is 0 Å². The summed E-state index contributed by atoms with van der Waals surface area (Å²) in [6, 6.07) is 4.99. The number of aliphatic hydroxyl groups is 1. The van der Waals surface area contributed by atoms with Gasteiger partial charge in [-0.2, -0.15) is 0 Å². The van der Waals surface area contributed by atoms with E-state index in [1.165, 1.54) is 11.8 Å². The molecular formula is C15H19N3O4S. The van der Waals surface area contributed by atoms with E-state index in [0.717, 1.165) is 10.6 Å². The molecule has 23 heavy (non-hydrogen) atoms. The van der Waals surface area contributed by atoms with Gasteiger partial charge in [0, 0.05) is 24.2 Å². The number of amides is 3. The summed E-state index contributed by atoms with van der Waals surface area (Å²) in [4.78, 5) is 26.3. The number of hydrogen-bond donors (Lipinski definition) is 3. The number of thioether (sulfide) groups is 1. The highest BCUT2D eigenvalue weighted by atomic mass is 32.2. The second kappa shape index (κ2) is 6.77. The van der Waals surface area contributed by atoms with Crippen molar-refractivity contribution >= 4 is 35.1 Å². The van der Waals surface area contributed by atoms with E-state index < -0.39 is 6.10 Å². The molecule has 0 aromatic heterocycles. The normalized spacial score (nSPS) is 23.4. The molecule has 7 nitrogen and oxygen atoms in total. The van der Waals surface area contributed by atoms with Crippen molar-refractivity contribution in [3.63, 3.8) is 0 Å². The van der Waals surface area contributed by atoms with Gasteiger partial charge in [0.25, 0.3) is 0 Å². The average molecular weight is 337 g/mol.